The molecule has 1 aromatic rings. The van der Waals surface area contributed by atoms with Crippen molar-refractivity contribution in [3.05, 3.63) is 34.3 Å². The normalized spacial score (nSPS) is 31.7. The van der Waals surface area contributed by atoms with E-state index in [1.54, 1.807) is 12.1 Å². The van der Waals surface area contributed by atoms with Crippen LogP contribution in [-0.4, -0.2) is 59.7 Å². The van der Waals surface area contributed by atoms with E-state index >= 15 is 0 Å². The van der Waals surface area contributed by atoms with Crippen LogP contribution in [0.15, 0.2) is 18.2 Å². The summed E-state index contributed by atoms with van der Waals surface area (Å²) in [6.45, 7) is 2.51. The number of sulfonamides is 1. The monoisotopic (exact) mass is 524 g/mol. The van der Waals surface area contributed by atoms with Crippen molar-refractivity contribution in [2.75, 3.05) is 6.54 Å². The third-order valence-corrected chi connectivity index (χ3v) is 10.0. The molecule has 35 heavy (non-hydrogen) atoms. The van der Waals surface area contributed by atoms with Crippen molar-refractivity contribution < 1.29 is 27.9 Å². The smallest absolute Gasteiger partial charge is 0.408 e. The number of rotatable bonds is 7. The van der Waals surface area contributed by atoms with Crippen LogP contribution in [0.2, 0.25) is 5.02 Å². The average molecular weight is 525 g/mol. The second kappa shape index (κ2) is 8.63. The minimum absolute atomic E-state index is 0.135. The fourth-order valence-electron chi connectivity index (χ4n) is 5.65. The van der Waals surface area contributed by atoms with E-state index in [0.717, 1.165) is 11.1 Å². The number of hydrogen-bond acceptors (Lipinski definition) is 6. The maximum absolute atomic E-state index is 13.2. The van der Waals surface area contributed by atoms with E-state index in [9.17, 15) is 27.9 Å². The molecule has 1 saturated heterocycles. The number of hydrogen-bond donors (Lipinski definition) is 4. The predicted octanol–water partition coefficient (Wildman–Crippen LogP) is 1.75. The van der Waals surface area contributed by atoms with Gasteiger partial charge in [-0.3, -0.25) is 19.2 Å². The van der Waals surface area contributed by atoms with Crippen LogP contribution < -0.4 is 15.4 Å². The van der Waals surface area contributed by atoms with Gasteiger partial charge in [0, 0.05) is 11.6 Å². The fourth-order valence-corrected chi connectivity index (χ4v) is 7.26. The molecule has 4 N–H and O–H groups in total. The molecule has 3 fully saturated rings. The Balaban J connectivity index is 1.29. The standard InChI is InChI=1S/C23H29ClN4O6S/c1-2-13-9-23(13,21(30)27-35(33,34)14-6-7-14)26-20(29)18-8-12(10-25-18)19-15-4-3-5-17(24)16(15)11-28(19)22(31)32/h3-5,12-14,18-19,25H,2,6-11H2,1H3,(H,26,29)(H,27,30)(H,31,32)/t12-,13?,18+,19?,23?/m1/s1. The first-order valence-corrected chi connectivity index (χ1v) is 13.9. The van der Waals surface area contributed by atoms with Gasteiger partial charge in [0.25, 0.3) is 5.91 Å². The van der Waals surface area contributed by atoms with E-state index in [4.69, 9.17) is 11.6 Å². The summed E-state index contributed by atoms with van der Waals surface area (Å²) in [6, 6.07) is 4.35. The van der Waals surface area contributed by atoms with Gasteiger partial charge in [-0.1, -0.05) is 37.1 Å². The summed E-state index contributed by atoms with van der Waals surface area (Å²) in [5.41, 5.74) is 0.404. The zero-order valence-electron chi connectivity index (χ0n) is 19.3. The van der Waals surface area contributed by atoms with Crippen LogP contribution in [0.1, 0.15) is 56.2 Å². The lowest BCUT2D eigenvalue weighted by molar-refractivity contribution is -0.130. The Bertz CT molecular complexity index is 1190. The highest BCUT2D eigenvalue weighted by atomic mass is 35.5. The molecule has 190 valence electrons. The molecule has 3 unspecified atom stereocenters. The number of carboxylic acid groups (broad SMARTS) is 1. The van der Waals surface area contributed by atoms with Crippen LogP contribution in [0.4, 0.5) is 4.79 Å². The molecule has 5 rings (SSSR count). The van der Waals surface area contributed by atoms with Gasteiger partial charge >= 0.3 is 6.09 Å². The summed E-state index contributed by atoms with van der Waals surface area (Å²) in [4.78, 5) is 39.5. The number of halogens is 1. The number of carbonyl (C=O) groups is 3. The maximum Gasteiger partial charge on any atom is 0.408 e. The van der Waals surface area contributed by atoms with Crippen LogP contribution >= 0.6 is 11.6 Å². The highest BCUT2D eigenvalue weighted by Crippen LogP contribution is 2.47. The van der Waals surface area contributed by atoms with Gasteiger partial charge < -0.3 is 15.7 Å². The highest BCUT2D eigenvalue weighted by molar-refractivity contribution is 7.91. The van der Waals surface area contributed by atoms with Crippen LogP contribution in [0.3, 0.4) is 0 Å². The van der Waals surface area contributed by atoms with Crippen molar-refractivity contribution in [2.45, 2.75) is 68.4 Å². The topological polar surface area (TPSA) is 145 Å². The van der Waals surface area contributed by atoms with Gasteiger partial charge in [0.1, 0.15) is 5.54 Å². The number of nitrogens with zero attached hydrogens (tertiary/aromatic N) is 1. The highest BCUT2D eigenvalue weighted by Gasteiger charge is 2.61. The largest absolute Gasteiger partial charge is 0.465 e. The minimum Gasteiger partial charge on any atom is -0.465 e. The summed E-state index contributed by atoms with van der Waals surface area (Å²) in [6.07, 6.45) is 1.42. The Kier molecular flexibility index (Phi) is 6.00. The Labute approximate surface area is 208 Å². The number of benzene rings is 1. The van der Waals surface area contributed by atoms with Crippen LogP contribution in [0, 0.1) is 11.8 Å². The molecule has 0 spiro atoms. The molecular weight excluding hydrogens is 496 g/mol. The van der Waals surface area contributed by atoms with Crippen molar-refractivity contribution in [1.29, 1.82) is 0 Å². The fraction of sp³-hybridized carbons (Fsp3) is 0.609. The number of carbonyl (C=O) groups excluding carboxylic acids is 2. The zero-order chi connectivity index (χ0) is 25.1. The molecule has 0 radical (unpaired) electrons. The van der Waals surface area contributed by atoms with Crippen LogP contribution in [0.5, 0.6) is 0 Å². The molecule has 0 bridgehead atoms. The van der Waals surface area contributed by atoms with Crippen LogP contribution in [0.25, 0.3) is 0 Å². The molecule has 2 saturated carbocycles. The average Bonchev–Trinajstić information content (AvgIpc) is 3.68. The van der Waals surface area contributed by atoms with Gasteiger partial charge in [0.2, 0.25) is 15.9 Å². The first-order chi connectivity index (χ1) is 16.6. The predicted molar refractivity (Wildman–Crippen MR) is 127 cm³/mol. The summed E-state index contributed by atoms with van der Waals surface area (Å²) in [5, 5.41) is 15.8. The molecule has 5 atom stereocenters. The summed E-state index contributed by atoms with van der Waals surface area (Å²) >= 11 is 6.32. The van der Waals surface area contributed by atoms with Crippen molar-refractivity contribution in [3.63, 3.8) is 0 Å². The van der Waals surface area contributed by atoms with Crippen molar-refractivity contribution >= 4 is 39.5 Å². The van der Waals surface area contributed by atoms with Gasteiger partial charge in [-0.05, 0) is 54.7 Å². The first kappa shape index (κ1) is 24.3. The third kappa shape index (κ3) is 4.27. The maximum atomic E-state index is 13.2. The van der Waals surface area contributed by atoms with Gasteiger partial charge in [-0.25, -0.2) is 13.2 Å². The van der Waals surface area contributed by atoms with E-state index in [-0.39, 0.29) is 24.3 Å². The molecule has 2 heterocycles. The molecule has 12 heteroatoms. The lowest BCUT2D eigenvalue weighted by Crippen LogP contribution is -2.55. The molecular formula is C23H29ClN4O6S. The Hall–Kier alpha value is -2.37. The summed E-state index contributed by atoms with van der Waals surface area (Å²) < 4.78 is 26.8. The lowest BCUT2D eigenvalue weighted by atomic mass is 9.90. The van der Waals surface area contributed by atoms with E-state index in [1.165, 1.54) is 4.90 Å². The molecule has 2 aliphatic carbocycles. The second-order valence-electron chi connectivity index (χ2n) is 10.1. The molecule has 3 amide bonds. The second-order valence-corrected chi connectivity index (χ2v) is 12.4. The molecule has 10 nitrogen and oxygen atoms in total. The van der Waals surface area contributed by atoms with E-state index in [2.05, 4.69) is 15.4 Å². The molecule has 0 aromatic heterocycles. The van der Waals surface area contributed by atoms with Gasteiger partial charge in [0.05, 0.1) is 23.9 Å². The van der Waals surface area contributed by atoms with E-state index in [1.807, 2.05) is 13.0 Å². The Morgan fingerprint density at radius 2 is 2.03 bits per heavy atom. The van der Waals surface area contributed by atoms with Crippen molar-refractivity contribution in [1.82, 2.24) is 20.3 Å². The molecule has 4 aliphatic rings. The molecule has 2 aliphatic heterocycles. The van der Waals surface area contributed by atoms with E-state index < -0.39 is 44.9 Å². The number of nitrogens with one attached hydrogen (secondary N) is 3. The van der Waals surface area contributed by atoms with Gasteiger partial charge in [0.15, 0.2) is 0 Å². The number of amides is 3. The number of fused-ring (bicyclic) bond motifs is 1. The Morgan fingerprint density at radius 3 is 2.66 bits per heavy atom. The summed E-state index contributed by atoms with van der Waals surface area (Å²) in [5.74, 6) is -1.35. The Morgan fingerprint density at radius 1 is 1.29 bits per heavy atom. The summed E-state index contributed by atoms with van der Waals surface area (Å²) in [7, 11) is -3.72. The lowest BCUT2D eigenvalue weighted by Gasteiger charge is -2.27. The van der Waals surface area contributed by atoms with Crippen LogP contribution in [-0.2, 0) is 26.2 Å². The quantitative estimate of drug-likeness (QED) is 0.425. The minimum atomic E-state index is -3.72. The van der Waals surface area contributed by atoms with Crippen molar-refractivity contribution in [2.24, 2.45) is 11.8 Å². The SMILES string of the molecule is CCC1CC1(NC(=O)[C@@H]1C[C@@H](C2c3cccc(Cl)c3CN2C(=O)O)CN1)C(=O)NS(=O)(=O)C1CC1. The van der Waals surface area contributed by atoms with Gasteiger partial charge in [-0.15, -0.1) is 0 Å². The van der Waals surface area contributed by atoms with E-state index in [0.29, 0.717) is 43.7 Å². The van der Waals surface area contributed by atoms with Crippen molar-refractivity contribution in [3.8, 4) is 0 Å². The third-order valence-electron chi connectivity index (χ3n) is 7.86. The first-order valence-electron chi connectivity index (χ1n) is 12.0. The van der Waals surface area contributed by atoms with Gasteiger partial charge in [-0.2, -0.15) is 0 Å². The molecule has 1 aromatic carbocycles. The zero-order valence-corrected chi connectivity index (χ0v) is 20.9.